The van der Waals surface area contributed by atoms with Crippen LogP contribution in [0, 0.1) is 6.92 Å². The summed E-state index contributed by atoms with van der Waals surface area (Å²) < 4.78 is 7.40. The van der Waals surface area contributed by atoms with E-state index >= 15 is 0 Å². The maximum absolute atomic E-state index is 6.08. The zero-order valence-corrected chi connectivity index (χ0v) is 11.6. The molecular formula is C12H13Cl2N3O. The molecule has 0 atom stereocenters. The van der Waals surface area contributed by atoms with Crippen molar-refractivity contribution >= 4 is 23.2 Å². The Morgan fingerprint density at radius 3 is 2.78 bits per heavy atom. The fraction of sp³-hybridized carbons (Fsp3) is 0.250. The molecule has 4 nitrogen and oxygen atoms in total. The standard InChI is InChI=1S/C12H13Cl2N3O/c1-7-8(6-15)12(17(2)16-7)18-10-5-3-4-9(13)11(10)14/h3-5H,6,15H2,1-2H3. The molecule has 18 heavy (non-hydrogen) atoms. The van der Waals surface area contributed by atoms with Crippen LogP contribution in [0.3, 0.4) is 0 Å². The van der Waals surface area contributed by atoms with Crippen LogP contribution < -0.4 is 10.5 Å². The molecular weight excluding hydrogens is 273 g/mol. The van der Waals surface area contributed by atoms with Gasteiger partial charge in [-0.1, -0.05) is 29.3 Å². The summed E-state index contributed by atoms with van der Waals surface area (Å²) >= 11 is 12.0. The maximum atomic E-state index is 6.08. The van der Waals surface area contributed by atoms with Crippen molar-refractivity contribution in [1.82, 2.24) is 9.78 Å². The minimum absolute atomic E-state index is 0.354. The first-order valence-corrected chi connectivity index (χ1v) is 6.14. The molecule has 0 unspecified atom stereocenters. The first-order valence-electron chi connectivity index (χ1n) is 5.39. The van der Waals surface area contributed by atoms with Gasteiger partial charge >= 0.3 is 0 Å². The van der Waals surface area contributed by atoms with Crippen molar-refractivity contribution in [3.05, 3.63) is 39.5 Å². The molecule has 0 fully saturated rings. The van der Waals surface area contributed by atoms with Crippen LogP contribution in [0.2, 0.25) is 10.0 Å². The van der Waals surface area contributed by atoms with Crippen LogP contribution in [0.1, 0.15) is 11.3 Å². The Labute approximate surface area is 115 Å². The predicted octanol–water partition coefficient (Wildman–Crippen LogP) is 3.29. The number of nitrogens with zero attached hydrogens (tertiary/aromatic N) is 2. The van der Waals surface area contributed by atoms with Crippen LogP contribution >= 0.6 is 23.2 Å². The van der Waals surface area contributed by atoms with E-state index in [2.05, 4.69) is 5.10 Å². The molecule has 0 aliphatic heterocycles. The van der Waals surface area contributed by atoms with Gasteiger partial charge in [0.15, 0.2) is 0 Å². The van der Waals surface area contributed by atoms with Gasteiger partial charge in [0.05, 0.1) is 16.3 Å². The number of benzene rings is 1. The van der Waals surface area contributed by atoms with E-state index in [-0.39, 0.29) is 0 Å². The molecule has 0 aliphatic rings. The van der Waals surface area contributed by atoms with E-state index in [0.29, 0.717) is 28.2 Å². The fourth-order valence-corrected chi connectivity index (χ4v) is 2.04. The summed E-state index contributed by atoms with van der Waals surface area (Å²) in [6.07, 6.45) is 0. The first kappa shape index (κ1) is 13.2. The Hall–Kier alpha value is -1.23. The number of hydrogen-bond acceptors (Lipinski definition) is 3. The number of halogens is 2. The third kappa shape index (κ3) is 2.32. The van der Waals surface area contributed by atoms with Gasteiger partial charge in [0.2, 0.25) is 5.88 Å². The Kier molecular flexibility index (Phi) is 3.80. The topological polar surface area (TPSA) is 53.1 Å². The molecule has 1 heterocycles. The number of rotatable bonds is 3. The highest BCUT2D eigenvalue weighted by Gasteiger charge is 2.16. The van der Waals surface area contributed by atoms with Crippen LogP contribution in [0.4, 0.5) is 0 Å². The Morgan fingerprint density at radius 1 is 1.39 bits per heavy atom. The minimum Gasteiger partial charge on any atom is -0.437 e. The number of aryl methyl sites for hydroxylation is 2. The average Bonchev–Trinajstić information content (AvgIpc) is 2.59. The van der Waals surface area contributed by atoms with Crippen molar-refractivity contribution in [1.29, 1.82) is 0 Å². The van der Waals surface area contributed by atoms with Crippen LogP contribution in [-0.2, 0) is 13.6 Å². The second-order valence-electron chi connectivity index (χ2n) is 3.85. The lowest BCUT2D eigenvalue weighted by Gasteiger charge is -2.10. The minimum atomic E-state index is 0.354. The monoisotopic (exact) mass is 285 g/mol. The van der Waals surface area contributed by atoms with Crippen molar-refractivity contribution in [3.8, 4) is 11.6 Å². The summed E-state index contributed by atoms with van der Waals surface area (Å²) in [7, 11) is 1.79. The average molecular weight is 286 g/mol. The summed E-state index contributed by atoms with van der Waals surface area (Å²) in [5.74, 6) is 1.07. The van der Waals surface area contributed by atoms with E-state index < -0.39 is 0 Å². The molecule has 96 valence electrons. The highest BCUT2D eigenvalue weighted by atomic mass is 35.5. The smallest absolute Gasteiger partial charge is 0.222 e. The maximum Gasteiger partial charge on any atom is 0.222 e. The number of nitrogens with two attached hydrogens (primary N) is 1. The van der Waals surface area contributed by atoms with Gasteiger partial charge in [-0.3, -0.25) is 0 Å². The SMILES string of the molecule is Cc1nn(C)c(Oc2cccc(Cl)c2Cl)c1CN. The number of ether oxygens (including phenoxy) is 1. The van der Waals surface area contributed by atoms with Gasteiger partial charge in [-0.2, -0.15) is 5.10 Å². The quantitative estimate of drug-likeness (QED) is 0.942. The second-order valence-corrected chi connectivity index (χ2v) is 4.64. The van der Waals surface area contributed by atoms with Crippen LogP contribution in [0.5, 0.6) is 11.6 Å². The summed E-state index contributed by atoms with van der Waals surface area (Å²) in [4.78, 5) is 0. The normalized spacial score (nSPS) is 10.7. The van der Waals surface area contributed by atoms with Gasteiger partial charge in [-0.05, 0) is 19.1 Å². The lowest BCUT2D eigenvalue weighted by Crippen LogP contribution is -2.01. The molecule has 0 saturated heterocycles. The summed E-state index contributed by atoms with van der Waals surface area (Å²) in [5.41, 5.74) is 7.39. The van der Waals surface area contributed by atoms with Gasteiger partial charge in [0, 0.05) is 13.6 Å². The third-order valence-corrected chi connectivity index (χ3v) is 3.42. The van der Waals surface area contributed by atoms with E-state index in [0.717, 1.165) is 11.3 Å². The largest absolute Gasteiger partial charge is 0.437 e. The molecule has 1 aromatic heterocycles. The van der Waals surface area contributed by atoms with Gasteiger partial charge in [-0.25, -0.2) is 4.68 Å². The van der Waals surface area contributed by atoms with E-state index in [4.69, 9.17) is 33.7 Å². The Morgan fingerprint density at radius 2 is 2.11 bits per heavy atom. The molecule has 2 rings (SSSR count). The van der Waals surface area contributed by atoms with E-state index in [1.807, 2.05) is 6.92 Å². The molecule has 0 radical (unpaired) electrons. The van der Waals surface area contributed by atoms with Crippen molar-refractivity contribution < 1.29 is 4.74 Å². The fourth-order valence-electron chi connectivity index (χ4n) is 1.71. The highest BCUT2D eigenvalue weighted by molar-refractivity contribution is 6.42. The highest BCUT2D eigenvalue weighted by Crippen LogP contribution is 2.35. The first-order chi connectivity index (χ1) is 8.54. The Balaban J connectivity index is 2.43. The van der Waals surface area contributed by atoms with Gasteiger partial charge in [0.1, 0.15) is 10.8 Å². The third-order valence-electron chi connectivity index (χ3n) is 2.62. The van der Waals surface area contributed by atoms with Crippen LogP contribution in [0.15, 0.2) is 18.2 Å². The van der Waals surface area contributed by atoms with Gasteiger partial charge in [0.25, 0.3) is 0 Å². The van der Waals surface area contributed by atoms with Crippen molar-refractivity contribution in [2.75, 3.05) is 0 Å². The Bertz CT molecular complexity index is 581. The summed E-state index contributed by atoms with van der Waals surface area (Å²) in [6.45, 7) is 2.24. The molecule has 0 amide bonds. The van der Waals surface area contributed by atoms with Gasteiger partial charge < -0.3 is 10.5 Å². The van der Waals surface area contributed by atoms with E-state index in [9.17, 15) is 0 Å². The molecule has 2 N–H and O–H groups in total. The van der Waals surface area contributed by atoms with E-state index in [1.165, 1.54) is 0 Å². The number of hydrogen-bond donors (Lipinski definition) is 1. The van der Waals surface area contributed by atoms with Crippen LogP contribution in [0.25, 0.3) is 0 Å². The lowest BCUT2D eigenvalue weighted by atomic mass is 10.2. The van der Waals surface area contributed by atoms with Crippen LogP contribution in [-0.4, -0.2) is 9.78 Å². The molecule has 1 aromatic carbocycles. The van der Waals surface area contributed by atoms with Crippen molar-refractivity contribution in [2.45, 2.75) is 13.5 Å². The predicted molar refractivity (Wildman–Crippen MR) is 72.4 cm³/mol. The lowest BCUT2D eigenvalue weighted by molar-refractivity contribution is 0.426. The molecule has 0 saturated carbocycles. The van der Waals surface area contributed by atoms with Gasteiger partial charge in [-0.15, -0.1) is 0 Å². The molecule has 6 heteroatoms. The second kappa shape index (κ2) is 5.18. The molecule has 0 aliphatic carbocycles. The molecule has 0 spiro atoms. The molecule has 0 bridgehead atoms. The van der Waals surface area contributed by atoms with Crippen molar-refractivity contribution in [3.63, 3.8) is 0 Å². The zero-order chi connectivity index (χ0) is 13.3. The zero-order valence-electron chi connectivity index (χ0n) is 10.1. The number of aromatic nitrogens is 2. The summed E-state index contributed by atoms with van der Waals surface area (Å²) in [5, 5.41) is 5.09. The van der Waals surface area contributed by atoms with E-state index in [1.54, 1.807) is 29.9 Å². The van der Waals surface area contributed by atoms with Crippen molar-refractivity contribution in [2.24, 2.45) is 12.8 Å². The molecule has 2 aromatic rings. The summed E-state index contributed by atoms with van der Waals surface area (Å²) in [6, 6.07) is 5.22.